The van der Waals surface area contributed by atoms with Crippen LogP contribution in [-0.4, -0.2) is 30.0 Å². The molecule has 0 aliphatic heterocycles. The maximum atomic E-state index is 10.9. The lowest BCUT2D eigenvalue weighted by Gasteiger charge is -2.03. The highest BCUT2D eigenvalue weighted by Crippen LogP contribution is 2.14. The monoisotopic (exact) mass is 182 g/mol. The molecule has 1 aromatic heterocycles. The summed E-state index contributed by atoms with van der Waals surface area (Å²) >= 11 is 0. The number of methoxy groups -OCH3 is 2. The summed E-state index contributed by atoms with van der Waals surface area (Å²) in [5.74, 6) is 0.502. The number of nitrogens with zero attached hydrogens (tertiary/aromatic N) is 2. The van der Waals surface area contributed by atoms with Crippen LogP contribution in [0.4, 0.5) is 0 Å². The molecule has 0 spiro atoms. The molecule has 5 heteroatoms. The molecule has 1 rings (SSSR count). The third-order valence-corrected chi connectivity index (χ3v) is 1.41. The Bertz CT molecular complexity index is 303. The van der Waals surface area contributed by atoms with E-state index in [1.54, 1.807) is 0 Å². The summed E-state index contributed by atoms with van der Waals surface area (Å²) in [6.07, 6.45) is 0. The largest absolute Gasteiger partial charge is 0.481 e. The van der Waals surface area contributed by atoms with Gasteiger partial charge in [0.1, 0.15) is 0 Å². The quantitative estimate of drug-likeness (QED) is 0.644. The summed E-state index contributed by atoms with van der Waals surface area (Å²) in [7, 11) is 2.93. The van der Waals surface area contributed by atoms with Crippen LogP contribution in [0.1, 0.15) is 17.5 Å². The first-order chi connectivity index (χ1) is 6.17. The lowest BCUT2D eigenvalue weighted by Crippen LogP contribution is -2.04. The molecular weight excluding hydrogens is 172 g/mol. The molecule has 0 saturated carbocycles. The minimum atomic E-state index is -0.225. The molecule has 0 unspecified atom stereocenters. The van der Waals surface area contributed by atoms with Gasteiger partial charge < -0.3 is 9.47 Å². The molecule has 0 aliphatic carbocycles. The predicted octanol–water partition coefficient (Wildman–Crippen LogP) is 0.696. The average Bonchev–Trinajstić information content (AvgIpc) is 2.16. The van der Waals surface area contributed by atoms with Crippen LogP contribution in [0.25, 0.3) is 0 Å². The Morgan fingerprint density at radius 1 is 1.23 bits per heavy atom. The number of rotatable bonds is 3. The molecule has 0 aliphatic rings. The van der Waals surface area contributed by atoms with Gasteiger partial charge in [0.05, 0.1) is 20.3 Å². The summed E-state index contributed by atoms with van der Waals surface area (Å²) in [4.78, 5) is 18.6. The molecule has 0 saturated heterocycles. The SMILES string of the molecule is COc1cc(OC)nc(C(C)=O)n1. The molecule has 0 amide bonds. The number of ketones is 1. The molecule has 0 N–H and O–H groups in total. The van der Waals surface area contributed by atoms with Crippen molar-refractivity contribution in [3.8, 4) is 11.8 Å². The number of carbonyl (C=O) groups is 1. The minimum absolute atomic E-state index is 0.0937. The minimum Gasteiger partial charge on any atom is -0.481 e. The lowest BCUT2D eigenvalue weighted by atomic mass is 10.4. The molecule has 0 fully saturated rings. The van der Waals surface area contributed by atoms with Gasteiger partial charge in [-0.3, -0.25) is 4.79 Å². The van der Waals surface area contributed by atoms with E-state index >= 15 is 0 Å². The van der Waals surface area contributed by atoms with Crippen molar-refractivity contribution in [3.63, 3.8) is 0 Å². The Balaban J connectivity index is 3.14. The van der Waals surface area contributed by atoms with Gasteiger partial charge in [0.25, 0.3) is 0 Å². The fourth-order valence-electron chi connectivity index (χ4n) is 0.771. The van der Waals surface area contributed by atoms with E-state index in [9.17, 15) is 4.79 Å². The molecule has 13 heavy (non-hydrogen) atoms. The Labute approximate surface area is 75.7 Å². The Morgan fingerprint density at radius 2 is 1.69 bits per heavy atom. The van der Waals surface area contributed by atoms with Gasteiger partial charge in [-0.15, -0.1) is 0 Å². The van der Waals surface area contributed by atoms with E-state index in [1.807, 2.05) is 0 Å². The van der Waals surface area contributed by atoms with E-state index in [0.717, 1.165) is 0 Å². The van der Waals surface area contributed by atoms with E-state index in [1.165, 1.54) is 27.2 Å². The van der Waals surface area contributed by atoms with Gasteiger partial charge in [-0.2, -0.15) is 9.97 Å². The van der Waals surface area contributed by atoms with E-state index in [2.05, 4.69) is 9.97 Å². The number of ether oxygens (including phenoxy) is 2. The number of hydrogen-bond donors (Lipinski definition) is 0. The Kier molecular flexibility index (Phi) is 2.79. The molecular formula is C8H10N2O3. The van der Waals surface area contributed by atoms with Crippen molar-refractivity contribution in [3.05, 3.63) is 11.9 Å². The highest BCUT2D eigenvalue weighted by molar-refractivity contribution is 5.90. The van der Waals surface area contributed by atoms with Crippen LogP contribution in [0.3, 0.4) is 0 Å². The molecule has 5 nitrogen and oxygen atoms in total. The summed E-state index contributed by atoms with van der Waals surface area (Å²) in [6.45, 7) is 1.38. The van der Waals surface area contributed by atoms with E-state index in [4.69, 9.17) is 9.47 Å². The van der Waals surface area contributed by atoms with Crippen LogP contribution in [0.5, 0.6) is 11.8 Å². The van der Waals surface area contributed by atoms with Crippen molar-refractivity contribution in [2.45, 2.75) is 6.92 Å². The van der Waals surface area contributed by atoms with Crippen molar-refractivity contribution in [1.29, 1.82) is 0 Å². The van der Waals surface area contributed by atoms with E-state index in [0.29, 0.717) is 11.8 Å². The fourth-order valence-corrected chi connectivity index (χ4v) is 0.771. The van der Waals surface area contributed by atoms with Crippen molar-refractivity contribution in [2.75, 3.05) is 14.2 Å². The third kappa shape index (κ3) is 2.14. The lowest BCUT2D eigenvalue weighted by molar-refractivity contribution is 0.100. The van der Waals surface area contributed by atoms with Crippen molar-refractivity contribution < 1.29 is 14.3 Å². The average molecular weight is 182 g/mol. The Hall–Kier alpha value is -1.65. The first-order valence-electron chi connectivity index (χ1n) is 3.65. The molecule has 1 heterocycles. The zero-order valence-electron chi connectivity index (χ0n) is 7.70. The van der Waals surface area contributed by atoms with Crippen LogP contribution in [-0.2, 0) is 0 Å². The van der Waals surface area contributed by atoms with Crippen molar-refractivity contribution >= 4 is 5.78 Å². The highest BCUT2D eigenvalue weighted by Gasteiger charge is 2.08. The maximum Gasteiger partial charge on any atom is 0.220 e. The molecule has 0 bridgehead atoms. The highest BCUT2D eigenvalue weighted by atomic mass is 16.5. The second kappa shape index (κ2) is 3.84. The number of aromatic nitrogens is 2. The second-order valence-corrected chi connectivity index (χ2v) is 2.33. The summed E-state index contributed by atoms with van der Waals surface area (Å²) < 4.78 is 9.73. The van der Waals surface area contributed by atoms with Crippen LogP contribution in [0.2, 0.25) is 0 Å². The van der Waals surface area contributed by atoms with Gasteiger partial charge in [-0.25, -0.2) is 0 Å². The van der Waals surface area contributed by atoms with Crippen molar-refractivity contribution in [2.24, 2.45) is 0 Å². The third-order valence-electron chi connectivity index (χ3n) is 1.41. The molecule has 1 aromatic rings. The van der Waals surface area contributed by atoms with Crippen LogP contribution in [0.15, 0.2) is 6.07 Å². The van der Waals surface area contributed by atoms with Crippen molar-refractivity contribution in [1.82, 2.24) is 9.97 Å². The predicted molar refractivity (Wildman–Crippen MR) is 45.1 cm³/mol. The molecule has 0 radical (unpaired) electrons. The Morgan fingerprint density at radius 3 is 2.00 bits per heavy atom. The first-order valence-corrected chi connectivity index (χ1v) is 3.65. The summed E-state index contributed by atoms with van der Waals surface area (Å²) in [5.41, 5.74) is 0. The first kappa shape index (κ1) is 9.44. The summed E-state index contributed by atoms with van der Waals surface area (Å²) in [5, 5.41) is 0. The van der Waals surface area contributed by atoms with Crippen LogP contribution in [0, 0.1) is 0 Å². The standard InChI is InChI=1S/C8H10N2O3/c1-5(11)8-9-6(12-2)4-7(10-8)13-3/h4H,1-3H3. The smallest absolute Gasteiger partial charge is 0.220 e. The van der Waals surface area contributed by atoms with Gasteiger partial charge in [0.2, 0.25) is 17.6 Å². The van der Waals surface area contributed by atoms with Crippen LogP contribution >= 0.6 is 0 Å². The normalized spacial score (nSPS) is 9.46. The molecule has 70 valence electrons. The van der Waals surface area contributed by atoms with Crippen LogP contribution < -0.4 is 9.47 Å². The van der Waals surface area contributed by atoms with Gasteiger partial charge >= 0.3 is 0 Å². The molecule has 0 atom stereocenters. The van der Waals surface area contributed by atoms with Gasteiger partial charge in [-0.05, 0) is 0 Å². The fraction of sp³-hybridized carbons (Fsp3) is 0.375. The number of Topliss-reactive ketones (excluding diaryl/α,β-unsaturated/α-hetero) is 1. The number of carbonyl (C=O) groups excluding carboxylic acids is 1. The zero-order valence-corrected chi connectivity index (χ0v) is 7.70. The topological polar surface area (TPSA) is 61.3 Å². The maximum absolute atomic E-state index is 10.9. The second-order valence-electron chi connectivity index (χ2n) is 2.33. The van der Waals surface area contributed by atoms with Gasteiger partial charge in [0, 0.05) is 6.92 Å². The zero-order chi connectivity index (χ0) is 9.84. The number of hydrogen-bond acceptors (Lipinski definition) is 5. The van der Waals surface area contributed by atoms with Gasteiger partial charge in [0.15, 0.2) is 5.78 Å². The van der Waals surface area contributed by atoms with E-state index < -0.39 is 0 Å². The summed E-state index contributed by atoms with van der Waals surface area (Å²) in [6, 6.07) is 1.51. The van der Waals surface area contributed by atoms with E-state index in [-0.39, 0.29) is 11.6 Å². The van der Waals surface area contributed by atoms with Gasteiger partial charge in [-0.1, -0.05) is 0 Å². The molecule has 0 aromatic carbocycles.